The number of aliphatic hydroxyl groups excluding tert-OH is 6. The maximum absolute atomic E-state index is 10.6. The fourth-order valence-electron chi connectivity index (χ4n) is 3.39. The van der Waals surface area contributed by atoms with Gasteiger partial charge in [-0.2, -0.15) is 0 Å². The number of hydrogen-bond donors (Lipinski definition) is 6. The highest BCUT2D eigenvalue weighted by atomic mass is 16.7. The molecule has 3 rings (SSSR count). The van der Waals surface area contributed by atoms with E-state index in [4.69, 9.17) is 23.7 Å². The fourth-order valence-corrected chi connectivity index (χ4v) is 3.39. The first-order chi connectivity index (χ1) is 14.3. The Balaban J connectivity index is 1.69. The number of ether oxygens (including phenoxy) is 5. The Morgan fingerprint density at radius 2 is 1.40 bits per heavy atom. The molecule has 0 unspecified atom stereocenters. The maximum Gasteiger partial charge on any atom is 0.229 e. The van der Waals surface area contributed by atoms with Gasteiger partial charge in [0.15, 0.2) is 6.29 Å². The molecule has 0 radical (unpaired) electrons. The zero-order valence-corrected chi connectivity index (χ0v) is 16.5. The van der Waals surface area contributed by atoms with Crippen molar-refractivity contribution in [1.29, 1.82) is 0 Å². The second-order valence-corrected chi connectivity index (χ2v) is 7.28. The molecule has 0 saturated carbocycles. The zero-order chi connectivity index (χ0) is 22.0. The average molecular weight is 432 g/mol. The van der Waals surface area contributed by atoms with Crippen LogP contribution in [0.25, 0.3) is 0 Å². The van der Waals surface area contributed by atoms with E-state index >= 15 is 0 Å². The van der Waals surface area contributed by atoms with Gasteiger partial charge in [0.1, 0.15) is 54.2 Å². The van der Waals surface area contributed by atoms with Crippen LogP contribution in [0.15, 0.2) is 24.3 Å². The summed E-state index contributed by atoms with van der Waals surface area (Å²) in [4.78, 5) is 0. The lowest BCUT2D eigenvalue weighted by Crippen LogP contribution is -2.64. The molecular formula is C19H28O11. The number of aliphatic hydroxyl groups is 6. The molecule has 170 valence electrons. The monoisotopic (exact) mass is 432 g/mol. The van der Waals surface area contributed by atoms with E-state index in [0.717, 1.165) is 0 Å². The van der Waals surface area contributed by atoms with Crippen molar-refractivity contribution < 1.29 is 54.3 Å². The lowest BCUT2D eigenvalue weighted by atomic mass is 9.97. The van der Waals surface area contributed by atoms with Gasteiger partial charge in [-0.25, -0.2) is 0 Å². The fraction of sp³-hybridized carbons (Fsp3) is 0.684. The Morgan fingerprint density at radius 1 is 0.800 bits per heavy atom. The van der Waals surface area contributed by atoms with Crippen LogP contribution >= 0.6 is 0 Å². The molecule has 0 bridgehead atoms. The highest BCUT2D eigenvalue weighted by molar-refractivity contribution is 5.31. The van der Waals surface area contributed by atoms with E-state index in [0.29, 0.717) is 11.5 Å². The number of hydrogen-bond acceptors (Lipinski definition) is 11. The van der Waals surface area contributed by atoms with Crippen molar-refractivity contribution in [3.8, 4) is 11.5 Å². The summed E-state index contributed by atoms with van der Waals surface area (Å²) < 4.78 is 27.1. The Morgan fingerprint density at radius 3 is 2.00 bits per heavy atom. The minimum absolute atomic E-state index is 0.333. The molecule has 30 heavy (non-hydrogen) atoms. The summed E-state index contributed by atoms with van der Waals surface area (Å²) in [6, 6.07) is 6.44. The van der Waals surface area contributed by atoms with E-state index < -0.39 is 68.0 Å². The van der Waals surface area contributed by atoms with E-state index in [1.807, 2.05) is 0 Å². The van der Waals surface area contributed by atoms with Gasteiger partial charge in [0.25, 0.3) is 0 Å². The number of methoxy groups -OCH3 is 1. The minimum atomic E-state index is -1.62. The highest BCUT2D eigenvalue weighted by Gasteiger charge is 2.50. The topological polar surface area (TPSA) is 168 Å². The molecule has 2 saturated heterocycles. The van der Waals surface area contributed by atoms with Crippen LogP contribution in [0.3, 0.4) is 0 Å². The molecule has 6 N–H and O–H groups in total. The lowest BCUT2D eigenvalue weighted by molar-refractivity contribution is -0.349. The summed E-state index contributed by atoms with van der Waals surface area (Å²) in [7, 11) is 1.51. The van der Waals surface area contributed by atoms with Crippen LogP contribution in [0.1, 0.15) is 6.92 Å². The third kappa shape index (κ3) is 4.69. The van der Waals surface area contributed by atoms with Gasteiger partial charge in [0.05, 0.1) is 19.8 Å². The minimum Gasteiger partial charge on any atom is -0.497 e. The number of rotatable bonds is 6. The molecule has 2 fully saturated rings. The molecule has 2 aliphatic heterocycles. The molecule has 0 amide bonds. The SMILES string of the molecule is COc1ccc(O[C@@H]2O[C@H](CO)[C@H](O[C@@H]3O[C@@H](C)[C@@H](O)[C@@H](O)[C@@H]3O)[C@H](O)[C@H]2O)cc1. The smallest absolute Gasteiger partial charge is 0.229 e. The molecule has 0 spiro atoms. The van der Waals surface area contributed by atoms with Gasteiger partial charge < -0.3 is 54.3 Å². The Hall–Kier alpha value is -1.54. The van der Waals surface area contributed by atoms with E-state index in [2.05, 4.69) is 0 Å². The normalized spacial score (nSPS) is 42.0. The first-order valence-corrected chi connectivity index (χ1v) is 9.55. The van der Waals surface area contributed by atoms with Gasteiger partial charge >= 0.3 is 0 Å². The molecule has 11 heteroatoms. The van der Waals surface area contributed by atoms with Crippen LogP contribution in [0, 0.1) is 0 Å². The van der Waals surface area contributed by atoms with Gasteiger partial charge in [-0.15, -0.1) is 0 Å². The summed E-state index contributed by atoms with van der Waals surface area (Å²) >= 11 is 0. The second kappa shape index (κ2) is 9.73. The summed E-state index contributed by atoms with van der Waals surface area (Å²) in [6.45, 7) is 0.876. The molecule has 1 aromatic carbocycles. The molecule has 1 aromatic rings. The van der Waals surface area contributed by atoms with Crippen LogP contribution in [-0.4, -0.2) is 106 Å². The quantitative estimate of drug-likeness (QED) is 0.287. The highest BCUT2D eigenvalue weighted by Crippen LogP contribution is 2.30. The molecule has 0 aliphatic carbocycles. The van der Waals surface area contributed by atoms with Gasteiger partial charge in [-0.3, -0.25) is 0 Å². The summed E-state index contributed by atoms with van der Waals surface area (Å²) in [5, 5.41) is 60.5. The molecular weight excluding hydrogens is 404 g/mol. The van der Waals surface area contributed by atoms with Crippen LogP contribution in [-0.2, 0) is 14.2 Å². The predicted molar refractivity (Wildman–Crippen MR) is 98.6 cm³/mol. The summed E-state index contributed by atoms with van der Waals surface area (Å²) in [5.74, 6) is 0.932. The standard InChI is InChI=1S/C19H28O11/c1-8-12(21)13(22)15(24)18(27-8)30-17-11(7-20)29-19(16(25)14(17)23)28-10-5-3-9(26-2)4-6-10/h3-6,8,11-25H,7H2,1-2H3/t8-,11+,12+,13+,14+,15-,16+,17-,18-,19+/m0/s1. The Kier molecular flexibility index (Phi) is 7.50. The van der Waals surface area contributed by atoms with Crippen molar-refractivity contribution in [3.05, 3.63) is 24.3 Å². The van der Waals surface area contributed by atoms with Gasteiger partial charge in [0.2, 0.25) is 6.29 Å². The molecule has 2 heterocycles. The second-order valence-electron chi connectivity index (χ2n) is 7.28. The van der Waals surface area contributed by atoms with Crippen LogP contribution < -0.4 is 9.47 Å². The summed E-state index contributed by atoms with van der Waals surface area (Å²) in [6.07, 6.45) is -13.7. The molecule has 11 nitrogen and oxygen atoms in total. The predicted octanol–water partition coefficient (Wildman–Crippen LogP) is -2.27. The lowest BCUT2D eigenvalue weighted by Gasteiger charge is -2.45. The molecule has 0 aromatic heterocycles. The van der Waals surface area contributed by atoms with Crippen molar-refractivity contribution in [3.63, 3.8) is 0 Å². The van der Waals surface area contributed by atoms with E-state index in [-0.39, 0.29) is 0 Å². The van der Waals surface area contributed by atoms with Crippen molar-refractivity contribution in [2.45, 2.75) is 68.3 Å². The van der Waals surface area contributed by atoms with E-state index in [9.17, 15) is 30.6 Å². The van der Waals surface area contributed by atoms with E-state index in [1.165, 1.54) is 14.0 Å². The third-order valence-corrected chi connectivity index (χ3v) is 5.23. The number of benzene rings is 1. The van der Waals surface area contributed by atoms with Crippen LogP contribution in [0.4, 0.5) is 0 Å². The van der Waals surface area contributed by atoms with Crippen molar-refractivity contribution in [2.24, 2.45) is 0 Å². The summed E-state index contributed by atoms with van der Waals surface area (Å²) in [5.41, 5.74) is 0. The van der Waals surface area contributed by atoms with E-state index in [1.54, 1.807) is 24.3 Å². The molecule has 10 atom stereocenters. The average Bonchev–Trinajstić information content (AvgIpc) is 2.75. The van der Waals surface area contributed by atoms with Gasteiger partial charge in [-0.05, 0) is 31.2 Å². The van der Waals surface area contributed by atoms with Crippen molar-refractivity contribution in [1.82, 2.24) is 0 Å². The van der Waals surface area contributed by atoms with Gasteiger partial charge in [-0.1, -0.05) is 0 Å². The molecule has 2 aliphatic rings. The first kappa shape index (κ1) is 23.1. The largest absolute Gasteiger partial charge is 0.497 e. The van der Waals surface area contributed by atoms with Crippen LogP contribution in [0.2, 0.25) is 0 Å². The Labute approximate surface area is 172 Å². The zero-order valence-electron chi connectivity index (χ0n) is 16.5. The van der Waals surface area contributed by atoms with Gasteiger partial charge in [0, 0.05) is 0 Å². The first-order valence-electron chi connectivity index (χ1n) is 9.55. The van der Waals surface area contributed by atoms with Crippen LogP contribution in [0.5, 0.6) is 11.5 Å². The van der Waals surface area contributed by atoms with Crippen molar-refractivity contribution in [2.75, 3.05) is 13.7 Å². The third-order valence-electron chi connectivity index (χ3n) is 5.23. The Bertz CT molecular complexity index is 669. The maximum atomic E-state index is 10.6. The van der Waals surface area contributed by atoms with Crippen molar-refractivity contribution >= 4 is 0 Å².